The summed E-state index contributed by atoms with van der Waals surface area (Å²) in [6.45, 7) is 0.600. The van der Waals surface area contributed by atoms with Gasteiger partial charge in [-0.25, -0.2) is 9.59 Å². The van der Waals surface area contributed by atoms with Gasteiger partial charge in [0.05, 0.1) is 5.69 Å². The average molecular weight is 337 g/mol. The minimum Gasteiger partial charge on any atom is -0.478 e. The number of rotatable bonds is 4. The molecule has 5 heteroatoms. The summed E-state index contributed by atoms with van der Waals surface area (Å²) in [6, 6.07) is 17.1. The molecule has 128 valence electrons. The van der Waals surface area contributed by atoms with Crippen molar-refractivity contribution in [2.24, 2.45) is 5.92 Å². The van der Waals surface area contributed by atoms with Crippen LogP contribution < -0.4 is 4.90 Å². The van der Waals surface area contributed by atoms with Gasteiger partial charge in [-0.15, -0.1) is 0 Å². The molecule has 0 unspecified atom stereocenters. The second-order valence-corrected chi connectivity index (χ2v) is 5.94. The van der Waals surface area contributed by atoms with Crippen LogP contribution in [0.25, 0.3) is 0 Å². The number of hydrogen-bond acceptors (Lipinski definition) is 3. The highest BCUT2D eigenvalue weighted by Gasteiger charge is 2.28. The molecule has 0 aromatic heterocycles. The van der Waals surface area contributed by atoms with Gasteiger partial charge in [-0.05, 0) is 29.5 Å². The van der Waals surface area contributed by atoms with E-state index in [1.54, 1.807) is 11.0 Å². The Labute approximate surface area is 146 Å². The largest absolute Gasteiger partial charge is 0.478 e. The normalized spacial score (nSPS) is 16.5. The van der Waals surface area contributed by atoms with E-state index >= 15 is 0 Å². The summed E-state index contributed by atoms with van der Waals surface area (Å²) < 4.78 is 5.44. The number of carbonyl (C=O) groups excluding carboxylic acids is 1. The third-order valence-electron chi connectivity index (χ3n) is 4.12. The molecule has 0 saturated heterocycles. The van der Waals surface area contributed by atoms with Crippen LogP contribution in [0.4, 0.5) is 10.5 Å². The number of para-hydroxylation sites is 1. The van der Waals surface area contributed by atoms with E-state index in [-0.39, 0.29) is 12.5 Å². The van der Waals surface area contributed by atoms with Gasteiger partial charge in [0.25, 0.3) is 0 Å². The molecule has 0 spiro atoms. The average Bonchev–Trinajstić information content (AvgIpc) is 2.64. The molecule has 5 nitrogen and oxygen atoms in total. The van der Waals surface area contributed by atoms with E-state index in [9.17, 15) is 9.59 Å². The Hall–Kier alpha value is -3.08. The summed E-state index contributed by atoms with van der Waals surface area (Å²) >= 11 is 0. The number of nitrogens with zero attached hydrogens (tertiary/aromatic N) is 1. The highest BCUT2D eigenvalue weighted by atomic mass is 16.6. The highest BCUT2D eigenvalue weighted by Crippen LogP contribution is 2.30. The van der Waals surface area contributed by atoms with Crippen molar-refractivity contribution in [3.05, 3.63) is 77.9 Å². The maximum absolute atomic E-state index is 12.6. The summed E-state index contributed by atoms with van der Waals surface area (Å²) in [7, 11) is 0. The summed E-state index contributed by atoms with van der Waals surface area (Å²) in [4.78, 5) is 24.9. The Morgan fingerprint density at radius 2 is 1.84 bits per heavy atom. The van der Waals surface area contributed by atoms with Crippen molar-refractivity contribution in [3.8, 4) is 0 Å². The van der Waals surface area contributed by atoms with Crippen molar-refractivity contribution in [1.29, 1.82) is 0 Å². The summed E-state index contributed by atoms with van der Waals surface area (Å²) in [5, 5.41) is 8.83. The molecule has 0 fully saturated rings. The number of anilines is 1. The lowest BCUT2D eigenvalue weighted by molar-refractivity contribution is -0.131. The fourth-order valence-electron chi connectivity index (χ4n) is 2.94. The second-order valence-electron chi connectivity index (χ2n) is 5.94. The zero-order valence-electron chi connectivity index (χ0n) is 13.7. The van der Waals surface area contributed by atoms with Crippen LogP contribution in [-0.2, 0) is 22.6 Å². The summed E-state index contributed by atoms with van der Waals surface area (Å²) in [6.07, 6.45) is 3.04. The lowest BCUT2D eigenvalue weighted by Crippen LogP contribution is -2.39. The molecule has 1 aliphatic heterocycles. The first-order valence-corrected chi connectivity index (χ1v) is 8.11. The van der Waals surface area contributed by atoms with Gasteiger partial charge in [0, 0.05) is 12.6 Å². The van der Waals surface area contributed by atoms with Crippen LogP contribution in [0.1, 0.15) is 11.1 Å². The molecule has 3 rings (SSSR count). The maximum atomic E-state index is 12.6. The van der Waals surface area contributed by atoms with Crippen molar-refractivity contribution in [2.75, 3.05) is 11.4 Å². The topological polar surface area (TPSA) is 66.8 Å². The molecular weight excluding hydrogens is 318 g/mol. The number of hydrogen-bond donors (Lipinski definition) is 1. The number of carbonyl (C=O) groups is 2. The van der Waals surface area contributed by atoms with E-state index < -0.39 is 12.1 Å². The fraction of sp³-hybridized carbons (Fsp3) is 0.200. The molecule has 0 radical (unpaired) electrons. The number of carboxylic acid groups (broad SMARTS) is 1. The minimum atomic E-state index is -0.989. The Morgan fingerprint density at radius 3 is 2.60 bits per heavy atom. The van der Waals surface area contributed by atoms with E-state index in [1.807, 2.05) is 54.6 Å². The van der Waals surface area contributed by atoms with Crippen molar-refractivity contribution in [3.63, 3.8) is 0 Å². The lowest BCUT2D eigenvalue weighted by atomic mass is 9.92. The first kappa shape index (κ1) is 16.8. The summed E-state index contributed by atoms with van der Waals surface area (Å²) in [5.41, 5.74) is 2.74. The van der Waals surface area contributed by atoms with Gasteiger partial charge in [-0.1, -0.05) is 54.6 Å². The Morgan fingerprint density at radius 1 is 1.12 bits per heavy atom. The van der Waals surface area contributed by atoms with E-state index in [2.05, 4.69) is 0 Å². The van der Waals surface area contributed by atoms with Crippen molar-refractivity contribution in [1.82, 2.24) is 0 Å². The third kappa shape index (κ3) is 4.26. The molecule has 1 N–H and O–H groups in total. The molecule has 2 aromatic rings. The SMILES string of the molecule is O=C(O)C=C[C@@H]1Cc2ccccc2N(C(=O)OCc2ccccc2)C1. The van der Waals surface area contributed by atoms with E-state index in [1.165, 1.54) is 0 Å². The second kappa shape index (κ2) is 7.66. The standard InChI is InChI=1S/C20H19NO4/c22-19(23)11-10-16-12-17-8-4-5-9-18(17)21(13-16)20(24)25-14-15-6-2-1-3-7-15/h1-11,16H,12-14H2,(H,22,23)/t16-/m1/s1. The van der Waals surface area contributed by atoms with Crippen molar-refractivity contribution >= 4 is 17.7 Å². The van der Waals surface area contributed by atoms with Crippen LogP contribution in [0.3, 0.4) is 0 Å². The van der Waals surface area contributed by atoms with Crippen LogP contribution in [0, 0.1) is 5.92 Å². The number of benzene rings is 2. The predicted octanol–water partition coefficient (Wildman–Crippen LogP) is 3.64. The number of fused-ring (bicyclic) bond motifs is 1. The molecule has 0 saturated carbocycles. The van der Waals surface area contributed by atoms with Gasteiger partial charge in [0.1, 0.15) is 6.61 Å². The summed E-state index contributed by atoms with van der Waals surface area (Å²) in [5.74, 6) is -1.05. The molecule has 2 aromatic carbocycles. The van der Waals surface area contributed by atoms with Gasteiger partial charge in [0.15, 0.2) is 0 Å². The van der Waals surface area contributed by atoms with Crippen LogP contribution in [0.5, 0.6) is 0 Å². The predicted molar refractivity (Wildman–Crippen MR) is 94.4 cm³/mol. The van der Waals surface area contributed by atoms with Crippen LogP contribution >= 0.6 is 0 Å². The molecule has 1 atom stereocenters. The monoisotopic (exact) mass is 337 g/mol. The number of ether oxygens (including phenoxy) is 1. The minimum absolute atomic E-state index is 0.0599. The molecular formula is C20H19NO4. The van der Waals surface area contributed by atoms with E-state index in [0.717, 1.165) is 22.9 Å². The first-order chi connectivity index (χ1) is 12.1. The van der Waals surface area contributed by atoms with Gasteiger partial charge < -0.3 is 9.84 Å². The number of aliphatic carboxylic acids is 1. The Kier molecular flexibility index (Phi) is 5.14. The third-order valence-corrected chi connectivity index (χ3v) is 4.12. The lowest BCUT2D eigenvalue weighted by Gasteiger charge is -2.32. The van der Waals surface area contributed by atoms with Crippen LogP contribution in [0.2, 0.25) is 0 Å². The van der Waals surface area contributed by atoms with Crippen molar-refractivity contribution in [2.45, 2.75) is 13.0 Å². The molecule has 1 amide bonds. The highest BCUT2D eigenvalue weighted by molar-refractivity contribution is 5.89. The van der Waals surface area contributed by atoms with Crippen LogP contribution in [0.15, 0.2) is 66.7 Å². The van der Waals surface area contributed by atoms with Crippen molar-refractivity contribution < 1.29 is 19.4 Å². The number of amides is 1. The molecule has 1 aliphatic rings. The first-order valence-electron chi connectivity index (χ1n) is 8.11. The molecule has 25 heavy (non-hydrogen) atoms. The Balaban J connectivity index is 1.75. The zero-order chi connectivity index (χ0) is 17.6. The number of carboxylic acids is 1. The molecule has 1 heterocycles. The van der Waals surface area contributed by atoms with Gasteiger partial charge in [-0.3, -0.25) is 4.90 Å². The smallest absolute Gasteiger partial charge is 0.414 e. The van der Waals surface area contributed by atoms with E-state index in [0.29, 0.717) is 13.0 Å². The van der Waals surface area contributed by atoms with Crippen LogP contribution in [-0.4, -0.2) is 23.7 Å². The van der Waals surface area contributed by atoms with Gasteiger partial charge >= 0.3 is 12.1 Å². The molecule has 0 bridgehead atoms. The Bertz CT molecular complexity index is 785. The molecule has 0 aliphatic carbocycles. The zero-order valence-corrected chi connectivity index (χ0v) is 13.7. The quantitative estimate of drug-likeness (QED) is 0.865. The van der Waals surface area contributed by atoms with Gasteiger partial charge in [0.2, 0.25) is 0 Å². The fourth-order valence-corrected chi connectivity index (χ4v) is 2.94. The van der Waals surface area contributed by atoms with E-state index in [4.69, 9.17) is 9.84 Å². The maximum Gasteiger partial charge on any atom is 0.414 e. The van der Waals surface area contributed by atoms with Gasteiger partial charge in [-0.2, -0.15) is 0 Å².